The highest BCUT2D eigenvalue weighted by Gasteiger charge is 2.11. The van der Waals surface area contributed by atoms with Crippen molar-refractivity contribution in [1.29, 1.82) is 0 Å². The molecule has 0 aliphatic rings. The van der Waals surface area contributed by atoms with Crippen molar-refractivity contribution in [2.45, 2.75) is 59.4 Å². The smallest absolute Gasteiger partial charge is 0.223 e. The molecular formula is C13H28N2O. The molecule has 1 atom stereocenters. The normalized spacial score (nSPS) is 12.5. The van der Waals surface area contributed by atoms with Crippen molar-refractivity contribution < 1.29 is 4.79 Å². The van der Waals surface area contributed by atoms with E-state index in [0.717, 1.165) is 38.9 Å². The van der Waals surface area contributed by atoms with E-state index in [2.05, 4.69) is 33.0 Å². The molecule has 0 fully saturated rings. The predicted molar refractivity (Wildman–Crippen MR) is 69.5 cm³/mol. The number of nitrogens with zero attached hydrogens (tertiary/aromatic N) is 1. The van der Waals surface area contributed by atoms with E-state index in [-0.39, 0.29) is 0 Å². The van der Waals surface area contributed by atoms with E-state index in [0.29, 0.717) is 18.4 Å². The lowest BCUT2D eigenvalue weighted by atomic mass is 10.2. The lowest BCUT2D eigenvalue weighted by Crippen LogP contribution is -2.36. The van der Waals surface area contributed by atoms with Crippen LogP contribution in [0.4, 0.5) is 0 Å². The standard InChI is InChI=1S/C13H28N2O/c1-5-10-15(11-6-2)13(16)8-9-14-12(4)7-3/h12,14H,5-11H2,1-4H3. The van der Waals surface area contributed by atoms with E-state index >= 15 is 0 Å². The van der Waals surface area contributed by atoms with E-state index in [1.807, 2.05) is 4.90 Å². The quantitative estimate of drug-likeness (QED) is 0.657. The van der Waals surface area contributed by atoms with Gasteiger partial charge in [-0.2, -0.15) is 0 Å². The van der Waals surface area contributed by atoms with Gasteiger partial charge in [-0.15, -0.1) is 0 Å². The Morgan fingerprint density at radius 1 is 1.19 bits per heavy atom. The van der Waals surface area contributed by atoms with Gasteiger partial charge in [0.1, 0.15) is 0 Å². The minimum absolute atomic E-state index is 0.291. The van der Waals surface area contributed by atoms with Gasteiger partial charge in [-0.25, -0.2) is 0 Å². The molecule has 0 saturated heterocycles. The third-order valence-electron chi connectivity index (χ3n) is 2.78. The highest BCUT2D eigenvalue weighted by Crippen LogP contribution is 1.98. The van der Waals surface area contributed by atoms with Crippen LogP contribution in [0.1, 0.15) is 53.4 Å². The van der Waals surface area contributed by atoms with Crippen molar-refractivity contribution in [3.63, 3.8) is 0 Å². The molecule has 3 heteroatoms. The van der Waals surface area contributed by atoms with Crippen molar-refractivity contribution >= 4 is 5.91 Å². The molecule has 0 aliphatic carbocycles. The van der Waals surface area contributed by atoms with Crippen LogP contribution in [-0.4, -0.2) is 36.5 Å². The summed E-state index contributed by atoms with van der Waals surface area (Å²) in [7, 11) is 0. The maximum absolute atomic E-state index is 11.9. The Bertz CT molecular complexity index is 177. The molecule has 1 N–H and O–H groups in total. The van der Waals surface area contributed by atoms with Crippen molar-refractivity contribution in [3.8, 4) is 0 Å². The topological polar surface area (TPSA) is 32.3 Å². The van der Waals surface area contributed by atoms with Gasteiger partial charge in [-0.05, 0) is 26.2 Å². The largest absolute Gasteiger partial charge is 0.343 e. The maximum atomic E-state index is 11.9. The fraction of sp³-hybridized carbons (Fsp3) is 0.923. The first-order chi connectivity index (χ1) is 7.65. The van der Waals surface area contributed by atoms with Crippen LogP contribution in [0.25, 0.3) is 0 Å². The fourth-order valence-electron chi connectivity index (χ4n) is 1.63. The molecule has 1 unspecified atom stereocenters. The summed E-state index contributed by atoms with van der Waals surface area (Å²) in [5.41, 5.74) is 0. The molecular weight excluding hydrogens is 200 g/mol. The molecule has 0 aliphatic heterocycles. The second kappa shape index (κ2) is 9.64. The van der Waals surface area contributed by atoms with Crippen LogP contribution in [0.3, 0.4) is 0 Å². The van der Waals surface area contributed by atoms with Crippen LogP contribution < -0.4 is 5.32 Å². The molecule has 3 nitrogen and oxygen atoms in total. The van der Waals surface area contributed by atoms with Gasteiger partial charge in [-0.1, -0.05) is 20.8 Å². The van der Waals surface area contributed by atoms with E-state index in [4.69, 9.17) is 0 Å². The highest BCUT2D eigenvalue weighted by molar-refractivity contribution is 5.76. The van der Waals surface area contributed by atoms with Crippen LogP contribution in [0.15, 0.2) is 0 Å². The summed E-state index contributed by atoms with van der Waals surface area (Å²) >= 11 is 0. The molecule has 16 heavy (non-hydrogen) atoms. The average molecular weight is 228 g/mol. The minimum atomic E-state index is 0.291. The Morgan fingerprint density at radius 2 is 1.75 bits per heavy atom. The van der Waals surface area contributed by atoms with Crippen LogP contribution in [0.2, 0.25) is 0 Å². The molecule has 0 rings (SSSR count). The number of hydrogen-bond donors (Lipinski definition) is 1. The van der Waals surface area contributed by atoms with Gasteiger partial charge < -0.3 is 10.2 Å². The third-order valence-corrected chi connectivity index (χ3v) is 2.78. The highest BCUT2D eigenvalue weighted by atomic mass is 16.2. The Hall–Kier alpha value is -0.570. The Balaban J connectivity index is 3.81. The average Bonchev–Trinajstić information content (AvgIpc) is 2.28. The van der Waals surface area contributed by atoms with Crippen LogP contribution in [0.5, 0.6) is 0 Å². The second-order valence-electron chi connectivity index (χ2n) is 4.39. The summed E-state index contributed by atoms with van der Waals surface area (Å²) in [5, 5.41) is 3.35. The number of amides is 1. The monoisotopic (exact) mass is 228 g/mol. The molecule has 0 spiro atoms. The molecule has 96 valence electrons. The van der Waals surface area contributed by atoms with E-state index in [9.17, 15) is 4.79 Å². The molecule has 0 heterocycles. The van der Waals surface area contributed by atoms with Gasteiger partial charge in [0.25, 0.3) is 0 Å². The van der Waals surface area contributed by atoms with Gasteiger partial charge in [0.05, 0.1) is 0 Å². The summed E-state index contributed by atoms with van der Waals surface area (Å²) in [6, 6.07) is 0.513. The van der Waals surface area contributed by atoms with Crippen molar-refractivity contribution in [1.82, 2.24) is 10.2 Å². The van der Waals surface area contributed by atoms with E-state index in [1.54, 1.807) is 0 Å². The van der Waals surface area contributed by atoms with Crippen LogP contribution in [0, 0.1) is 0 Å². The lowest BCUT2D eigenvalue weighted by molar-refractivity contribution is -0.131. The zero-order chi connectivity index (χ0) is 12.4. The Kier molecular flexibility index (Phi) is 9.30. The first-order valence-electron chi connectivity index (χ1n) is 6.66. The van der Waals surface area contributed by atoms with Crippen LogP contribution >= 0.6 is 0 Å². The zero-order valence-electron chi connectivity index (χ0n) is 11.4. The molecule has 0 radical (unpaired) electrons. The van der Waals surface area contributed by atoms with Gasteiger partial charge in [0.2, 0.25) is 5.91 Å². The van der Waals surface area contributed by atoms with Gasteiger partial charge >= 0.3 is 0 Å². The summed E-state index contributed by atoms with van der Waals surface area (Å²) in [5.74, 6) is 0.291. The number of rotatable bonds is 9. The fourth-order valence-corrected chi connectivity index (χ4v) is 1.63. The number of hydrogen-bond acceptors (Lipinski definition) is 2. The molecule has 0 bridgehead atoms. The number of nitrogens with one attached hydrogen (secondary N) is 1. The lowest BCUT2D eigenvalue weighted by Gasteiger charge is -2.22. The van der Waals surface area contributed by atoms with Crippen molar-refractivity contribution in [2.75, 3.05) is 19.6 Å². The van der Waals surface area contributed by atoms with E-state index in [1.165, 1.54) is 0 Å². The first kappa shape index (κ1) is 15.4. The van der Waals surface area contributed by atoms with Crippen molar-refractivity contribution in [2.24, 2.45) is 0 Å². The molecule has 0 aromatic heterocycles. The zero-order valence-corrected chi connectivity index (χ0v) is 11.4. The molecule has 1 amide bonds. The van der Waals surface area contributed by atoms with Gasteiger partial charge in [-0.3, -0.25) is 4.79 Å². The summed E-state index contributed by atoms with van der Waals surface area (Å²) in [6.07, 6.45) is 3.83. The summed E-state index contributed by atoms with van der Waals surface area (Å²) in [6.45, 7) is 11.1. The predicted octanol–water partition coefficient (Wildman–Crippen LogP) is 2.41. The molecule has 0 saturated carbocycles. The SMILES string of the molecule is CCCN(CCC)C(=O)CCNC(C)CC. The number of carbonyl (C=O) groups is 1. The molecule has 0 aromatic carbocycles. The van der Waals surface area contributed by atoms with E-state index < -0.39 is 0 Å². The van der Waals surface area contributed by atoms with Gasteiger partial charge in [0.15, 0.2) is 0 Å². The van der Waals surface area contributed by atoms with Gasteiger partial charge in [0, 0.05) is 32.1 Å². The Labute approximate surface area is 101 Å². The molecule has 0 aromatic rings. The van der Waals surface area contributed by atoms with Crippen molar-refractivity contribution in [3.05, 3.63) is 0 Å². The van der Waals surface area contributed by atoms with Crippen LogP contribution in [-0.2, 0) is 4.79 Å². The summed E-state index contributed by atoms with van der Waals surface area (Å²) in [4.78, 5) is 13.9. The second-order valence-corrected chi connectivity index (χ2v) is 4.39. The number of carbonyl (C=O) groups excluding carboxylic acids is 1. The Morgan fingerprint density at radius 3 is 2.19 bits per heavy atom. The minimum Gasteiger partial charge on any atom is -0.343 e. The first-order valence-corrected chi connectivity index (χ1v) is 6.66. The maximum Gasteiger partial charge on any atom is 0.223 e. The summed E-state index contributed by atoms with van der Waals surface area (Å²) < 4.78 is 0. The third kappa shape index (κ3) is 6.83.